The first-order valence-corrected chi connectivity index (χ1v) is 14.1. The molecule has 1 aliphatic rings. The van der Waals surface area contributed by atoms with Crippen molar-refractivity contribution in [3.63, 3.8) is 0 Å². The highest BCUT2D eigenvalue weighted by Gasteiger charge is 2.48. The highest BCUT2D eigenvalue weighted by Crippen LogP contribution is 2.30. The van der Waals surface area contributed by atoms with Crippen LogP contribution >= 0.6 is 0 Å². The summed E-state index contributed by atoms with van der Waals surface area (Å²) in [5.74, 6) is 0. The topological polar surface area (TPSA) is 66.4 Å². The summed E-state index contributed by atoms with van der Waals surface area (Å²) in [5, 5.41) is 10.7. The Bertz CT molecular complexity index is 767. The lowest BCUT2D eigenvalue weighted by molar-refractivity contribution is -0.301. The molecule has 1 aliphatic heterocycles. The van der Waals surface area contributed by atoms with Crippen molar-refractivity contribution >= 4 is 8.32 Å². The molecule has 0 radical (unpaired) electrons. The highest BCUT2D eigenvalue weighted by atomic mass is 28.4. The Kier molecular flexibility index (Phi) is 8.80. The van der Waals surface area contributed by atoms with Gasteiger partial charge in [-0.2, -0.15) is 0 Å². The van der Waals surface area contributed by atoms with E-state index in [1.807, 2.05) is 60.7 Å². The predicted molar refractivity (Wildman–Crippen MR) is 121 cm³/mol. The Balaban J connectivity index is 1.69. The molecule has 2 aromatic carbocycles. The van der Waals surface area contributed by atoms with Gasteiger partial charge in [-0.3, -0.25) is 0 Å². The van der Waals surface area contributed by atoms with Crippen LogP contribution in [0, 0.1) is 0 Å². The van der Waals surface area contributed by atoms with E-state index >= 15 is 0 Å². The molecule has 0 saturated carbocycles. The van der Waals surface area contributed by atoms with E-state index in [-0.39, 0.29) is 6.61 Å². The molecule has 0 bridgehead atoms. The summed E-state index contributed by atoms with van der Waals surface area (Å²) >= 11 is 0. The van der Waals surface area contributed by atoms with Crippen LogP contribution in [-0.4, -0.2) is 57.8 Å². The van der Waals surface area contributed by atoms with Gasteiger partial charge in [-0.05, 0) is 30.8 Å². The maximum Gasteiger partial charge on any atom is 0.184 e. The van der Waals surface area contributed by atoms with Gasteiger partial charge in [0.1, 0.15) is 24.4 Å². The van der Waals surface area contributed by atoms with Gasteiger partial charge in [0.2, 0.25) is 0 Å². The number of aliphatic hydroxyl groups is 1. The van der Waals surface area contributed by atoms with Gasteiger partial charge in [-0.25, -0.2) is 0 Å². The fourth-order valence-corrected chi connectivity index (χ4v) is 4.76. The number of hydrogen-bond acceptors (Lipinski definition) is 6. The van der Waals surface area contributed by atoms with Crippen LogP contribution in [0.2, 0.25) is 19.6 Å². The average Bonchev–Trinajstić information content (AvgIpc) is 2.75. The van der Waals surface area contributed by atoms with Gasteiger partial charge < -0.3 is 28.5 Å². The lowest BCUT2D eigenvalue weighted by Crippen LogP contribution is -2.62. The van der Waals surface area contributed by atoms with Gasteiger partial charge in [0.05, 0.1) is 19.8 Å². The van der Waals surface area contributed by atoms with E-state index in [0.29, 0.717) is 13.2 Å². The number of hydrogen-bond donors (Lipinski definition) is 1. The van der Waals surface area contributed by atoms with Crippen molar-refractivity contribution in [2.24, 2.45) is 0 Å². The molecule has 31 heavy (non-hydrogen) atoms. The van der Waals surface area contributed by atoms with Crippen LogP contribution in [-0.2, 0) is 36.6 Å². The molecule has 0 spiro atoms. The maximum absolute atomic E-state index is 10.7. The number of ether oxygens (including phenoxy) is 4. The van der Waals surface area contributed by atoms with Gasteiger partial charge >= 0.3 is 0 Å². The Hall–Kier alpha value is -1.58. The summed E-state index contributed by atoms with van der Waals surface area (Å²) in [5.41, 5.74) is 2.09. The van der Waals surface area contributed by atoms with Crippen LogP contribution < -0.4 is 0 Å². The van der Waals surface area contributed by atoms with Crippen LogP contribution in [0.5, 0.6) is 0 Å². The van der Waals surface area contributed by atoms with Gasteiger partial charge in [0.25, 0.3) is 0 Å². The largest absolute Gasteiger partial charge is 0.409 e. The SMILES string of the molecule is CO[C@@H]1[C@H](OCc2ccccc2)[C@@H](O)O[C@H](COCc2ccccc2)[C@H]1O[Si](C)(C)C. The second-order valence-electron chi connectivity index (χ2n) is 8.72. The van der Waals surface area contributed by atoms with Crippen LogP contribution in [0.1, 0.15) is 11.1 Å². The Morgan fingerprint density at radius 2 is 1.42 bits per heavy atom. The van der Waals surface area contributed by atoms with Crippen LogP contribution in [0.3, 0.4) is 0 Å². The predicted octanol–water partition coefficient (Wildman–Crippen LogP) is 3.74. The minimum atomic E-state index is -1.94. The summed E-state index contributed by atoms with van der Waals surface area (Å²) in [6.07, 6.45) is -3.16. The molecule has 0 aromatic heterocycles. The van der Waals surface area contributed by atoms with Gasteiger partial charge in [-0.15, -0.1) is 0 Å². The summed E-state index contributed by atoms with van der Waals surface area (Å²) in [7, 11) is -0.324. The van der Waals surface area contributed by atoms with E-state index in [2.05, 4.69) is 19.6 Å². The molecule has 3 rings (SSSR count). The number of rotatable bonds is 10. The fourth-order valence-electron chi connectivity index (χ4n) is 3.66. The average molecular weight is 447 g/mol. The molecule has 0 unspecified atom stereocenters. The highest BCUT2D eigenvalue weighted by molar-refractivity contribution is 6.69. The summed E-state index contributed by atoms with van der Waals surface area (Å²) in [6, 6.07) is 19.8. The van der Waals surface area contributed by atoms with Gasteiger partial charge in [0, 0.05) is 7.11 Å². The standard InChI is InChI=1S/C24H34O6Si/c1-26-22-21(30-31(2,3)4)20(17-27-15-18-11-7-5-8-12-18)29-24(25)23(22)28-16-19-13-9-6-10-14-19/h5-14,20-25H,15-17H2,1-4H3/t20-,21-,22+,23+,24+/m1/s1. The Morgan fingerprint density at radius 3 is 1.97 bits per heavy atom. The van der Waals surface area contributed by atoms with Crippen molar-refractivity contribution in [2.45, 2.75) is 63.6 Å². The molecule has 2 aromatic rings. The molecule has 1 saturated heterocycles. The van der Waals surface area contributed by atoms with Crippen LogP contribution in [0.25, 0.3) is 0 Å². The fraction of sp³-hybridized carbons (Fsp3) is 0.500. The molecule has 0 aliphatic carbocycles. The monoisotopic (exact) mass is 446 g/mol. The zero-order chi connectivity index (χ0) is 22.3. The van der Waals surface area contributed by atoms with Gasteiger partial charge in [-0.1, -0.05) is 60.7 Å². The molecule has 1 N–H and O–H groups in total. The first-order valence-electron chi connectivity index (χ1n) is 10.7. The molecule has 6 nitrogen and oxygen atoms in total. The number of aliphatic hydroxyl groups excluding tert-OH is 1. The van der Waals surface area contributed by atoms with E-state index < -0.39 is 39.0 Å². The lowest BCUT2D eigenvalue weighted by Gasteiger charge is -2.46. The maximum atomic E-state index is 10.7. The van der Waals surface area contributed by atoms with E-state index in [9.17, 15) is 5.11 Å². The Morgan fingerprint density at radius 1 is 0.839 bits per heavy atom. The van der Waals surface area contributed by atoms with Crippen molar-refractivity contribution in [3.8, 4) is 0 Å². The quantitative estimate of drug-likeness (QED) is 0.561. The van der Waals surface area contributed by atoms with Crippen LogP contribution in [0.4, 0.5) is 0 Å². The molecule has 170 valence electrons. The third-order valence-electron chi connectivity index (χ3n) is 5.05. The zero-order valence-electron chi connectivity index (χ0n) is 18.8. The second-order valence-corrected chi connectivity index (χ2v) is 13.2. The normalized spacial score (nSPS) is 26.7. The van der Waals surface area contributed by atoms with E-state index in [0.717, 1.165) is 11.1 Å². The first-order chi connectivity index (χ1) is 14.9. The van der Waals surface area contributed by atoms with E-state index in [4.69, 9.17) is 23.4 Å². The van der Waals surface area contributed by atoms with E-state index in [1.165, 1.54) is 0 Å². The van der Waals surface area contributed by atoms with Crippen molar-refractivity contribution in [1.82, 2.24) is 0 Å². The van der Waals surface area contributed by atoms with Gasteiger partial charge in [0.15, 0.2) is 14.6 Å². The second kappa shape index (κ2) is 11.3. The van der Waals surface area contributed by atoms with E-state index in [1.54, 1.807) is 7.11 Å². The first kappa shape index (κ1) is 24.1. The molecular weight excluding hydrogens is 412 g/mol. The lowest BCUT2D eigenvalue weighted by atomic mass is 9.98. The summed E-state index contributed by atoms with van der Waals surface area (Å²) < 4.78 is 30.1. The zero-order valence-corrected chi connectivity index (χ0v) is 19.8. The van der Waals surface area contributed by atoms with Crippen molar-refractivity contribution in [1.29, 1.82) is 0 Å². The summed E-state index contributed by atoms with van der Waals surface area (Å²) in [6.45, 7) is 7.44. The number of benzene rings is 2. The third kappa shape index (κ3) is 7.22. The molecule has 5 atom stereocenters. The summed E-state index contributed by atoms with van der Waals surface area (Å²) in [4.78, 5) is 0. The van der Waals surface area contributed by atoms with Crippen LogP contribution in [0.15, 0.2) is 60.7 Å². The number of methoxy groups -OCH3 is 1. The minimum Gasteiger partial charge on any atom is -0.409 e. The molecular formula is C24H34O6Si. The molecule has 7 heteroatoms. The molecule has 1 heterocycles. The van der Waals surface area contributed by atoms with Crippen molar-refractivity contribution < 1.29 is 28.5 Å². The smallest absolute Gasteiger partial charge is 0.184 e. The molecule has 0 amide bonds. The Labute approximate surface area is 186 Å². The molecule has 1 fully saturated rings. The van der Waals surface area contributed by atoms with Crippen molar-refractivity contribution in [3.05, 3.63) is 71.8 Å². The third-order valence-corrected chi connectivity index (χ3v) is 6.03. The van der Waals surface area contributed by atoms with Crippen molar-refractivity contribution in [2.75, 3.05) is 13.7 Å². The minimum absolute atomic E-state index is 0.284.